The summed E-state index contributed by atoms with van der Waals surface area (Å²) in [5.41, 5.74) is -9.70. The van der Waals surface area contributed by atoms with Crippen molar-refractivity contribution in [2.75, 3.05) is 30.5 Å². The Morgan fingerprint density at radius 2 is 1.33 bits per heavy atom. The predicted octanol–water partition coefficient (Wildman–Crippen LogP) is 6.83. The van der Waals surface area contributed by atoms with Gasteiger partial charge in [0.05, 0.1) is 24.0 Å². The molecule has 0 saturated carbocycles. The van der Waals surface area contributed by atoms with Crippen LogP contribution in [0.5, 0.6) is 0 Å². The Balaban J connectivity index is 2.16. The van der Waals surface area contributed by atoms with E-state index in [4.69, 9.17) is 0 Å². The van der Waals surface area contributed by atoms with Gasteiger partial charge in [-0.3, -0.25) is 19.3 Å². The molecule has 0 heterocycles. The van der Waals surface area contributed by atoms with Crippen molar-refractivity contribution in [3.8, 4) is 0 Å². The molecule has 3 aromatic carbocycles. The number of methoxy groups -OCH3 is 1. The molecule has 0 bridgehead atoms. The number of anilines is 2. The molecule has 3 aromatic rings. The molecule has 0 fully saturated rings. The van der Waals surface area contributed by atoms with E-state index in [1.807, 2.05) is 0 Å². The van der Waals surface area contributed by atoms with Crippen LogP contribution in [0.4, 0.5) is 46.5 Å². The third kappa shape index (κ3) is 6.18. The van der Waals surface area contributed by atoms with Gasteiger partial charge in [-0.1, -0.05) is 36.4 Å². The van der Waals surface area contributed by atoms with Gasteiger partial charge in [-0.2, -0.15) is 26.3 Å². The van der Waals surface area contributed by atoms with E-state index in [1.165, 1.54) is 31.3 Å². The van der Waals surface area contributed by atoms with E-state index in [0.29, 0.717) is 4.90 Å². The van der Waals surface area contributed by atoms with E-state index < -0.39 is 70.4 Å². The fraction of sp³-hybridized carbons (Fsp3) is 0.276. The number of carbonyl (C=O) groups is 3. The Kier molecular flexibility index (Phi) is 9.23. The Bertz CT molecular complexity index is 1500. The third-order valence-electron chi connectivity index (χ3n) is 6.60. The average molecular weight is 617 g/mol. The quantitative estimate of drug-likeness (QED) is 0.216. The number of benzene rings is 3. The first-order valence-corrected chi connectivity index (χ1v) is 12.3. The molecular weight excluding hydrogens is 592 g/mol. The monoisotopic (exact) mass is 616 g/mol. The van der Waals surface area contributed by atoms with Gasteiger partial charge in [0.25, 0.3) is 11.8 Å². The maximum absolute atomic E-state index is 15.8. The largest absolute Gasteiger partial charge is 0.468 e. The second-order valence-corrected chi connectivity index (χ2v) is 9.45. The van der Waals surface area contributed by atoms with Crippen molar-refractivity contribution >= 4 is 29.2 Å². The molecule has 0 N–H and O–H groups in total. The minimum Gasteiger partial charge on any atom is -0.468 e. The van der Waals surface area contributed by atoms with Crippen LogP contribution in [-0.2, 0) is 15.2 Å². The van der Waals surface area contributed by atoms with Gasteiger partial charge in [0.15, 0.2) is 5.82 Å². The molecule has 230 valence electrons. The lowest BCUT2D eigenvalue weighted by Gasteiger charge is -2.32. The molecule has 43 heavy (non-hydrogen) atoms. The minimum absolute atomic E-state index is 0.196. The summed E-state index contributed by atoms with van der Waals surface area (Å²) >= 11 is 0. The predicted molar refractivity (Wildman–Crippen MR) is 140 cm³/mol. The van der Waals surface area contributed by atoms with Gasteiger partial charge in [-0.25, -0.2) is 8.78 Å². The number of aryl methyl sites for hydroxylation is 2. The van der Waals surface area contributed by atoms with Gasteiger partial charge in [0.1, 0.15) is 6.54 Å². The Labute approximate surface area is 240 Å². The van der Waals surface area contributed by atoms with Crippen molar-refractivity contribution in [1.29, 1.82) is 0 Å². The summed E-state index contributed by atoms with van der Waals surface area (Å²) in [6, 6.07) is 11.7. The highest BCUT2D eigenvalue weighted by Crippen LogP contribution is 2.54. The van der Waals surface area contributed by atoms with Crippen LogP contribution in [0.15, 0.2) is 60.7 Å². The highest BCUT2D eigenvalue weighted by atomic mass is 19.4. The van der Waals surface area contributed by atoms with E-state index >= 15 is 4.39 Å². The second kappa shape index (κ2) is 12.0. The summed E-state index contributed by atoms with van der Waals surface area (Å²) in [4.78, 5) is 40.3. The molecule has 2 amide bonds. The molecule has 0 aliphatic carbocycles. The molecule has 0 aliphatic rings. The van der Waals surface area contributed by atoms with E-state index in [0.717, 1.165) is 31.9 Å². The second-order valence-electron chi connectivity index (χ2n) is 9.45. The number of nitrogens with zero attached hydrogens (tertiary/aromatic N) is 2. The smallest absolute Gasteiger partial charge is 0.435 e. The van der Waals surface area contributed by atoms with Crippen LogP contribution in [-0.4, -0.2) is 50.8 Å². The normalized spacial score (nSPS) is 12.1. The molecule has 0 aromatic heterocycles. The zero-order chi connectivity index (χ0) is 32.5. The Morgan fingerprint density at radius 1 is 0.791 bits per heavy atom. The molecule has 0 atom stereocenters. The van der Waals surface area contributed by atoms with Gasteiger partial charge in [0, 0.05) is 18.2 Å². The average Bonchev–Trinajstić information content (AvgIpc) is 2.93. The molecule has 14 heteroatoms. The molecule has 3 rings (SSSR count). The fourth-order valence-electron chi connectivity index (χ4n) is 4.49. The van der Waals surface area contributed by atoms with Crippen LogP contribution in [0.3, 0.4) is 0 Å². The molecule has 6 nitrogen and oxygen atoms in total. The Hall–Kier alpha value is -4.49. The number of ether oxygens (including phenoxy) is 1. The van der Waals surface area contributed by atoms with E-state index in [-0.39, 0.29) is 29.1 Å². The number of halogens is 8. The van der Waals surface area contributed by atoms with Gasteiger partial charge >= 0.3 is 24.0 Å². The van der Waals surface area contributed by atoms with Crippen molar-refractivity contribution in [3.05, 3.63) is 94.3 Å². The van der Waals surface area contributed by atoms with Crippen LogP contribution in [0.1, 0.15) is 37.4 Å². The van der Waals surface area contributed by atoms with E-state index in [9.17, 15) is 45.1 Å². The van der Waals surface area contributed by atoms with Gasteiger partial charge < -0.3 is 9.64 Å². The Morgan fingerprint density at radius 3 is 1.81 bits per heavy atom. The van der Waals surface area contributed by atoms with Gasteiger partial charge in [-0.05, 0) is 49.2 Å². The topological polar surface area (TPSA) is 66.9 Å². The number of rotatable bonds is 7. The van der Waals surface area contributed by atoms with Gasteiger partial charge in [-0.15, -0.1) is 0 Å². The van der Waals surface area contributed by atoms with Crippen molar-refractivity contribution in [2.45, 2.75) is 31.9 Å². The number of amides is 2. The first-order chi connectivity index (χ1) is 19.9. The number of carbonyl (C=O) groups excluding carboxylic acids is 3. The third-order valence-corrected chi connectivity index (χ3v) is 6.60. The first kappa shape index (κ1) is 33.0. The standard InChI is InChI=1S/C29H24F8N2O4/c1-16-13-19(27(31,28(32,33)34)29(35,36)37)14-17(2)24(16)39(15-22(40)43-4)26(42)20-11-8-12-21(23(20)30)38(3)25(41)18-9-6-5-7-10-18/h5-14H,15H2,1-4H3. The highest BCUT2D eigenvalue weighted by molar-refractivity contribution is 6.11. The fourth-order valence-corrected chi connectivity index (χ4v) is 4.49. The van der Waals surface area contributed by atoms with Crippen LogP contribution < -0.4 is 9.80 Å². The van der Waals surface area contributed by atoms with Crippen LogP contribution in [0, 0.1) is 19.7 Å². The number of esters is 1. The lowest BCUT2D eigenvalue weighted by Crippen LogP contribution is -2.50. The molecule has 0 radical (unpaired) electrons. The molecule has 0 aliphatic heterocycles. The van der Waals surface area contributed by atoms with Gasteiger partial charge in [0.2, 0.25) is 0 Å². The number of alkyl halides is 7. The van der Waals surface area contributed by atoms with Crippen LogP contribution in [0.2, 0.25) is 0 Å². The summed E-state index contributed by atoms with van der Waals surface area (Å²) < 4.78 is 116. The van der Waals surface area contributed by atoms with Crippen LogP contribution in [0.25, 0.3) is 0 Å². The summed E-state index contributed by atoms with van der Waals surface area (Å²) in [5, 5.41) is 0. The minimum atomic E-state index is -6.39. The van der Waals surface area contributed by atoms with E-state index in [2.05, 4.69) is 4.74 Å². The summed E-state index contributed by atoms with van der Waals surface area (Å²) in [7, 11) is 2.19. The number of hydrogen-bond donors (Lipinski definition) is 0. The lowest BCUT2D eigenvalue weighted by atomic mass is 9.90. The molecule has 0 unspecified atom stereocenters. The summed E-state index contributed by atoms with van der Waals surface area (Å²) in [5.74, 6) is -4.17. The van der Waals surface area contributed by atoms with Crippen molar-refractivity contribution in [3.63, 3.8) is 0 Å². The van der Waals surface area contributed by atoms with Crippen molar-refractivity contribution < 1.29 is 54.2 Å². The van der Waals surface area contributed by atoms with Crippen LogP contribution >= 0.6 is 0 Å². The highest BCUT2D eigenvalue weighted by Gasteiger charge is 2.73. The van der Waals surface area contributed by atoms with Crippen molar-refractivity contribution in [2.24, 2.45) is 0 Å². The van der Waals surface area contributed by atoms with Crippen molar-refractivity contribution in [1.82, 2.24) is 0 Å². The first-order valence-electron chi connectivity index (χ1n) is 12.3. The van der Waals surface area contributed by atoms with E-state index in [1.54, 1.807) is 18.2 Å². The lowest BCUT2D eigenvalue weighted by molar-refractivity contribution is -0.348. The number of hydrogen-bond acceptors (Lipinski definition) is 4. The molecular formula is C29H24F8N2O4. The molecule has 0 saturated heterocycles. The summed E-state index contributed by atoms with van der Waals surface area (Å²) in [6.45, 7) is 1.05. The SMILES string of the molecule is COC(=O)CN(C(=O)c1cccc(N(C)C(=O)c2ccccc2)c1F)c1c(C)cc(C(F)(C(F)(F)F)C(F)(F)F)cc1C. The zero-order valence-corrected chi connectivity index (χ0v) is 23.0. The molecule has 0 spiro atoms. The summed E-state index contributed by atoms with van der Waals surface area (Å²) in [6.07, 6.45) is -12.8. The maximum Gasteiger partial charge on any atom is 0.435 e. The maximum atomic E-state index is 15.8. The zero-order valence-electron chi connectivity index (χ0n) is 23.0.